The number of nitrogens with zero attached hydrogens (tertiary/aromatic N) is 5. The molecule has 9 heteroatoms. The number of H-pyrrole nitrogens is 1. The highest BCUT2D eigenvalue weighted by Gasteiger charge is 2.23. The molecule has 0 saturated carbocycles. The molecule has 0 spiro atoms. The molecule has 1 saturated heterocycles. The summed E-state index contributed by atoms with van der Waals surface area (Å²) >= 11 is 1.74. The summed E-state index contributed by atoms with van der Waals surface area (Å²) in [6, 6.07) is 8.48. The van der Waals surface area contributed by atoms with Crippen LogP contribution in [0.15, 0.2) is 41.6 Å². The number of hydrogen-bond acceptors (Lipinski definition) is 6. The summed E-state index contributed by atoms with van der Waals surface area (Å²) in [5.74, 6) is 2.42. The zero-order valence-corrected chi connectivity index (χ0v) is 16.6. The molecule has 28 heavy (non-hydrogen) atoms. The Bertz CT molecular complexity index is 920. The third kappa shape index (κ3) is 4.36. The minimum Gasteiger partial charge on any atom is -0.353 e. The number of nitrogens with one attached hydrogen (secondary N) is 2. The normalized spacial score (nSPS) is 14.3. The zero-order valence-electron chi connectivity index (χ0n) is 15.8. The Labute approximate surface area is 167 Å². The molecule has 3 heterocycles. The SMILES string of the molecule is Cc1ccc(SCc2nnc(N3CCNC(=O)C3)n2CCc2cn[nH]c2)cc1. The summed E-state index contributed by atoms with van der Waals surface area (Å²) in [7, 11) is 0. The molecule has 4 rings (SSSR count). The molecule has 0 bridgehead atoms. The molecule has 1 aliphatic rings. The van der Waals surface area contributed by atoms with Crippen LogP contribution in [0.25, 0.3) is 0 Å². The Hall–Kier alpha value is -2.81. The monoisotopic (exact) mass is 397 g/mol. The van der Waals surface area contributed by atoms with Crippen LogP contribution in [-0.2, 0) is 23.5 Å². The molecule has 1 aliphatic heterocycles. The summed E-state index contributed by atoms with van der Waals surface area (Å²) < 4.78 is 2.13. The van der Waals surface area contributed by atoms with Gasteiger partial charge in [0.05, 0.1) is 18.5 Å². The van der Waals surface area contributed by atoms with E-state index in [2.05, 4.69) is 61.5 Å². The molecule has 2 aromatic heterocycles. The molecule has 0 radical (unpaired) electrons. The number of hydrogen-bond donors (Lipinski definition) is 2. The van der Waals surface area contributed by atoms with Crippen LogP contribution < -0.4 is 10.2 Å². The lowest BCUT2D eigenvalue weighted by Gasteiger charge is -2.27. The number of rotatable bonds is 7. The van der Waals surface area contributed by atoms with Crippen LogP contribution >= 0.6 is 11.8 Å². The Balaban J connectivity index is 1.53. The third-order valence-corrected chi connectivity index (χ3v) is 5.70. The Morgan fingerprint density at radius 3 is 2.82 bits per heavy atom. The number of aromatic nitrogens is 5. The predicted octanol–water partition coefficient (Wildman–Crippen LogP) is 1.78. The van der Waals surface area contributed by atoms with Gasteiger partial charge in [-0.1, -0.05) is 17.7 Å². The van der Waals surface area contributed by atoms with Crippen molar-refractivity contribution in [1.82, 2.24) is 30.3 Å². The Morgan fingerprint density at radius 1 is 1.21 bits per heavy atom. The first kappa shape index (κ1) is 18.5. The van der Waals surface area contributed by atoms with E-state index in [-0.39, 0.29) is 5.91 Å². The molecule has 0 atom stereocenters. The van der Waals surface area contributed by atoms with E-state index in [0.29, 0.717) is 13.1 Å². The van der Waals surface area contributed by atoms with Crippen molar-refractivity contribution in [3.8, 4) is 0 Å². The summed E-state index contributed by atoms with van der Waals surface area (Å²) in [5, 5.41) is 18.6. The van der Waals surface area contributed by atoms with Crippen LogP contribution in [0.1, 0.15) is 17.0 Å². The van der Waals surface area contributed by atoms with Crippen molar-refractivity contribution in [1.29, 1.82) is 0 Å². The molecule has 1 fully saturated rings. The van der Waals surface area contributed by atoms with Gasteiger partial charge in [0, 0.05) is 30.7 Å². The van der Waals surface area contributed by atoms with Gasteiger partial charge in [-0.25, -0.2) is 0 Å². The topological polar surface area (TPSA) is 91.7 Å². The molecular weight excluding hydrogens is 374 g/mol. The van der Waals surface area contributed by atoms with Gasteiger partial charge >= 0.3 is 0 Å². The number of anilines is 1. The molecular formula is C19H23N7OS. The van der Waals surface area contributed by atoms with Crippen molar-refractivity contribution in [2.45, 2.75) is 30.5 Å². The number of amides is 1. The Morgan fingerprint density at radius 2 is 2.07 bits per heavy atom. The van der Waals surface area contributed by atoms with E-state index in [1.807, 2.05) is 17.3 Å². The maximum atomic E-state index is 11.8. The highest BCUT2D eigenvalue weighted by molar-refractivity contribution is 7.98. The number of benzene rings is 1. The lowest BCUT2D eigenvalue weighted by molar-refractivity contribution is -0.120. The van der Waals surface area contributed by atoms with E-state index in [0.717, 1.165) is 42.6 Å². The van der Waals surface area contributed by atoms with Crippen molar-refractivity contribution in [3.63, 3.8) is 0 Å². The van der Waals surface area contributed by atoms with E-state index >= 15 is 0 Å². The largest absolute Gasteiger partial charge is 0.353 e. The first-order valence-electron chi connectivity index (χ1n) is 9.30. The van der Waals surface area contributed by atoms with Crippen molar-refractivity contribution >= 4 is 23.6 Å². The molecule has 2 N–H and O–H groups in total. The second-order valence-corrected chi connectivity index (χ2v) is 7.85. The van der Waals surface area contributed by atoms with Gasteiger partial charge < -0.3 is 10.2 Å². The fourth-order valence-electron chi connectivity index (χ4n) is 3.14. The van der Waals surface area contributed by atoms with Crippen LogP contribution in [0.3, 0.4) is 0 Å². The van der Waals surface area contributed by atoms with Gasteiger partial charge in [-0.05, 0) is 31.0 Å². The summed E-state index contributed by atoms with van der Waals surface area (Å²) in [6.45, 7) is 4.50. The molecule has 3 aromatic rings. The first-order valence-corrected chi connectivity index (χ1v) is 10.3. The van der Waals surface area contributed by atoms with Gasteiger partial charge in [-0.2, -0.15) is 5.10 Å². The molecule has 8 nitrogen and oxygen atoms in total. The van der Waals surface area contributed by atoms with Crippen molar-refractivity contribution in [2.24, 2.45) is 0 Å². The zero-order chi connectivity index (χ0) is 19.3. The van der Waals surface area contributed by atoms with Gasteiger partial charge in [0.2, 0.25) is 11.9 Å². The van der Waals surface area contributed by atoms with Crippen LogP contribution in [0.2, 0.25) is 0 Å². The van der Waals surface area contributed by atoms with E-state index in [1.165, 1.54) is 10.5 Å². The maximum absolute atomic E-state index is 11.8. The van der Waals surface area contributed by atoms with E-state index in [4.69, 9.17) is 0 Å². The van der Waals surface area contributed by atoms with Gasteiger partial charge in [-0.3, -0.25) is 14.5 Å². The summed E-state index contributed by atoms with van der Waals surface area (Å²) in [5.41, 5.74) is 2.38. The van der Waals surface area contributed by atoms with Crippen LogP contribution in [0.5, 0.6) is 0 Å². The Kier molecular flexibility index (Phi) is 5.61. The van der Waals surface area contributed by atoms with Gasteiger partial charge in [-0.15, -0.1) is 22.0 Å². The summed E-state index contributed by atoms with van der Waals surface area (Å²) in [6.07, 6.45) is 4.56. The number of carbonyl (C=O) groups is 1. The lowest BCUT2D eigenvalue weighted by Crippen LogP contribution is -2.48. The lowest BCUT2D eigenvalue weighted by atomic mass is 10.2. The third-order valence-electron chi connectivity index (χ3n) is 4.70. The fourth-order valence-corrected chi connectivity index (χ4v) is 3.98. The number of carbonyl (C=O) groups excluding carboxylic acids is 1. The van der Waals surface area contributed by atoms with Crippen molar-refractivity contribution < 1.29 is 4.79 Å². The van der Waals surface area contributed by atoms with Crippen molar-refractivity contribution in [3.05, 3.63) is 53.6 Å². The standard InChI is InChI=1S/C19H23N7OS/c1-14-2-4-16(5-3-14)28-13-17-23-24-19(25-9-7-20-18(27)12-25)26(17)8-6-15-10-21-22-11-15/h2-5,10-11H,6-9,12-13H2,1H3,(H,20,27)(H,21,22). The number of aromatic amines is 1. The smallest absolute Gasteiger partial charge is 0.239 e. The fraction of sp³-hybridized carbons (Fsp3) is 0.368. The molecule has 1 amide bonds. The van der Waals surface area contributed by atoms with Gasteiger partial charge in [0.1, 0.15) is 5.82 Å². The molecule has 146 valence electrons. The average molecular weight is 398 g/mol. The van der Waals surface area contributed by atoms with E-state index in [9.17, 15) is 4.79 Å². The van der Waals surface area contributed by atoms with Crippen LogP contribution in [0.4, 0.5) is 5.95 Å². The predicted molar refractivity (Wildman–Crippen MR) is 108 cm³/mol. The van der Waals surface area contributed by atoms with E-state index in [1.54, 1.807) is 11.8 Å². The average Bonchev–Trinajstić information content (AvgIpc) is 3.35. The second kappa shape index (κ2) is 8.47. The minimum absolute atomic E-state index is 0.0196. The van der Waals surface area contributed by atoms with Gasteiger partial charge in [0.15, 0.2) is 0 Å². The number of thioether (sulfide) groups is 1. The van der Waals surface area contributed by atoms with E-state index < -0.39 is 0 Å². The molecule has 0 aliphatic carbocycles. The first-order chi connectivity index (χ1) is 13.7. The summed E-state index contributed by atoms with van der Waals surface area (Å²) in [4.78, 5) is 15.0. The van der Waals surface area contributed by atoms with Crippen LogP contribution in [0, 0.1) is 6.92 Å². The van der Waals surface area contributed by atoms with Crippen molar-refractivity contribution in [2.75, 3.05) is 24.5 Å². The highest BCUT2D eigenvalue weighted by Crippen LogP contribution is 2.25. The molecule has 1 aromatic carbocycles. The highest BCUT2D eigenvalue weighted by atomic mass is 32.2. The number of aryl methyl sites for hydroxylation is 2. The maximum Gasteiger partial charge on any atom is 0.239 e. The van der Waals surface area contributed by atoms with Gasteiger partial charge in [0.25, 0.3) is 0 Å². The minimum atomic E-state index is 0.0196. The molecule has 0 unspecified atom stereocenters. The number of piperazine rings is 1. The quantitative estimate of drug-likeness (QED) is 0.591. The second-order valence-electron chi connectivity index (χ2n) is 6.80. The van der Waals surface area contributed by atoms with Crippen LogP contribution in [-0.4, -0.2) is 50.5 Å².